The van der Waals surface area contributed by atoms with Gasteiger partial charge in [0.25, 0.3) is 0 Å². The fraction of sp³-hybridized carbons (Fsp3) is 0.400. The van der Waals surface area contributed by atoms with E-state index in [9.17, 15) is 9.50 Å². The van der Waals surface area contributed by atoms with E-state index in [-0.39, 0.29) is 10.8 Å². The van der Waals surface area contributed by atoms with Gasteiger partial charge in [-0.2, -0.15) is 4.39 Å². The second kappa shape index (κ2) is 3.87. The number of rotatable bonds is 2. The number of phenolic OH excluding ortho intramolecular Hbond substituents is 1. The highest BCUT2D eigenvalue weighted by molar-refractivity contribution is 6.32. The second-order valence-corrected chi connectivity index (χ2v) is 4.23. The molecule has 5 heteroatoms. The third-order valence-electron chi connectivity index (χ3n) is 2.05. The molecule has 1 aromatic carbocycles. The minimum atomic E-state index is -0.890. The van der Waals surface area contributed by atoms with E-state index in [2.05, 4.69) is 0 Å². The van der Waals surface area contributed by atoms with Gasteiger partial charge in [-0.25, -0.2) is 0 Å². The number of aromatic hydroxyl groups is 1. The Bertz CT molecular complexity index is 388. The molecule has 0 amide bonds. The van der Waals surface area contributed by atoms with Crippen LogP contribution in [0.25, 0.3) is 0 Å². The Morgan fingerprint density at radius 3 is 2.47 bits per heavy atom. The van der Waals surface area contributed by atoms with Gasteiger partial charge in [0.05, 0.1) is 12.1 Å². The Kier molecular flexibility index (Phi) is 3.11. The third-order valence-corrected chi connectivity index (χ3v) is 2.34. The Balaban J connectivity index is 3.53. The van der Waals surface area contributed by atoms with Gasteiger partial charge in [0, 0.05) is 11.1 Å². The van der Waals surface area contributed by atoms with Crippen molar-refractivity contribution in [2.75, 3.05) is 7.11 Å². The summed E-state index contributed by atoms with van der Waals surface area (Å²) in [6.07, 6.45) is 0. The van der Waals surface area contributed by atoms with E-state index >= 15 is 0 Å². The summed E-state index contributed by atoms with van der Waals surface area (Å²) >= 11 is 5.65. The van der Waals surface area contributed by atoms with Gasteiger partial charge >= 0.3 is 0 Å². The van der Waals surface area contributed by atoms with Crippen LogP contribution < -0.4 is 10.5 Å². The number of hydrogen-bond acceptors (Lipinski definition) is 3. The smallest absolute Gasteiger partial charge is 0.208 e. The molecule has 0 saturated heterocycles. The molecular weight excluding hydrogens is 221 g/mol. The first-order valence-corrected chi connectivity index (χ1v) is 4.71. The molecule has 0 aliphatic carbocycles. The molecule has 15 heavy (non-hydrogen) atoms. The largest absolute Gasteiger partial charge is 0.504 e. The van der Waals surface area contributed by atoms with Crippen LogP contribution in [0.5, 0.6) is 11.5 Å². The van der Waals surface area contributed by atoms with E-state index in [0.717, 1.165) is 0 Å². The molecule has 84 valence electrons. The van der Waals surface area contributed by atoms with Crippen LogP contribution in [0.15, 0.2) is 6.07 Å². The summed E-state index contributed by atoms with van der Waals surface area (Å²) in [5.74, 6) is -1.59. The molecule has 0 aliphatic heterocycles. The Morgan fingerprint density at radius 1 is 1.53 bits per heavy atom. The van der Waals surface area contributed by atoms with Crippen LogP contribution in [-0.4, -0.2) is 12.2 Å². The maximum atomic E-state index is 13.5. The maximum Gasteiger partial charge on any atom is 0.208 e. The van der Waals surface area contributed by atoms with Gasteiger partial charge in [0.15, 0.2) is 11.5 Å². The van der Waals surface area contributed by atoms with Crippen molar-refractivity contribution in [2.24, 2.45) is 5.73 Å². The summed E-state index contributed by atoms with van der Waals surface area (Å²) in [7, 11) is 1.31. The minimum Gasteiger partial charge on any atom is -0.504 e. The molecule has 0 unspecified atom stereocenters. The molecule has 0 aliphatic rings. The molecule has 0 heterocycles. The fourth-order valence-electron chi connectivity index (χ4n) is 1.27. The van der Waals surface area contributed by atoms with E-state index in [0.29, 0.717) is 5.56 Å². The van der Waals surface area contributed by atoms with E-state index in [4.69, 9.17) is 22.1 Å². The first-order valence-electron chi connectivity index (χ1n) is 4.33. The van der Waals surface area contributed by atoms with E-state index < -0.39 is 17.1 Å². The molecule has 0 fully saturated rings. The van der Waals surface area contributed by atoms with Crippen molar-refractivity contribution in [1.29, 1.82) is 0 Å². The normalized spacial score (nSPS) is 11.6. The van der Waals surface area contributed by atoms with Crippen molar-refractivity contribution in [3.8, 4) is 11.5 Å². The quantitative estimate of drug-likeness (QED) is 0.825. The van der Waals surface area contributed by atoms with Gasteiger partial charge in [-0.1, -0.05) is 11.6 Å². The molecule has 1 aromatic rings. The summed E-state index contributed by atoms with van der Waals surface area (Å²) in [4.78, 5) is 0. The standard InChI is InChI=1S/C10H13ClFNO2/c1-10(2,13)5-4-6(11)8(14)7(12)9(5)15-3/h4,14H,13H2,1-3H3. The van der Waals surface area contributed by atoms with Gasteiger partial charge < -0.3 is 15.6 Å². The third kappa shape index (κ3) is 2.16. The molecule has 3 nitrogen and oxygen atoms in total. The van der Waals surface area contributed by atoms with Gasteiger partial charge in [-0.15, -0.1) is 0 Å². The first-order chi connectivity index (χ1) is 6.79. The van der Waals surface area contributed by atoms with Gasteiger partial charge in [0.2, 0.25) is 5.82 Å². The number of phenols is 1. The number of methoxy groups -OCH3 is 1. The molecule has 0 spiro atoms. The Morgan fingerprint density at radius 2 is 2.07 bits per heavy atom. The molecule has 0 bridgehead atoms. The van der Waals surface area contributed by atoms with Crippen LogP contribution in [0, 0.1) is 5.82 Å². The van der Waals surface area contributed by atoms with Crippen molar-refractivity contribution in [3.05, 3.63) is 22.5 Å². The number of hydrogen-bond donors (Lipinski definition) is 2. The van der Waals surface area contributed by atoms with Crippen molar-refractivity contribution < 1.29 is 14.2 Å². The van der Waals surface area contributed by atoms with Crippen molar-refractivity contribution in [2.45, 2.75) is 19.4 Å². The summed E-state index contributed by atoms with van der Waals surface area (Å²) in [6, 6.07) is 1.40. The molecule has 1 rings (SSSR count). The van der Waals surface area contributed by atoms with Crippen molar-refractivity contribution in [3.63, 3.8) is 0 Å². The highest BCUT2D eigenvalue weighted by Gasteiger charge is 2.25. The predicted octanol–water partition coefficient (Wildman–Crippen LogP) is 2.39. The molecule has 0 aromatic heterocycles. The molecule has 3 N–H and O–H groups in total. The van der Waals surface area contributed by atoms with Gasteiger partial charge in [-0.05, 0) is 19.9 Å². The number of nitrogens with two attached hydrogens (primary N) is 1. The van der Waals surface area contributed by atoms with E-state index in [1.807, 2.05) is 0 Å². The van der Waals surface area contributed by atoms with Crippen LogP contribution in [-0.2, 0) is 5.54 Å². The SMILES string of the molecule is COc1c(C(C)(C)N)cc(Cl)c(O)c1F. The summed E-state index contributed by atoms with van der Waals surface area (Å²) < 4.78 is 18.4. The van der Waals surface area contributed by atoms with E-state index in [1.54, 1.807) is 13.8 Å². The number of benzene rings is 1. The molecule has 0 saturated carbocycles. The highest BCUT2D eigenvalue weighted by atomic mass is 35.5. The topological polar surface area (TPSA) is 55.5 Å². The zero-order valence-electron chi connectivity index (χ0n) is 8.77. The Hall–Kier alpha value is -1.00. The number of halogens is 2. The molecular formula is C10H13ClFNO2. The summed E-state index contributed by atoms with van der Waals surface area (Å²) in [5.41, 5.74) is 5.44. The monoisotopic (exact) mass is 233 g/mol. The van der Waals surface area contributed by atoms with Crippen LogP contribution in [0.1, 0.15) is 19.4 Å². The highest BCUT2D eigenvalue weighted by Crippen LogP contribution is 2.39. The average Bonchev–Trinajstić information content (AvgIpc) is 2.12. The zero-order chi connectivity index (χ0) is 11.8. The zero-order valence-corrected chi connectivity index (χ0v) is 9.52. The van der Waals surface area contributed by atoms with E-state index in [1.165, 1.54) is 13.2 Å². The maximum absolute atomic E-state index is 13.5. The lowest BCUT2D eigenvalue weighted by Gasteiger charge is -2.23. The fourth-order valence-corrected chi connectivity index (χ4v) is 1.46. The lowest BCUT2D eigenvalue weighted by Crippen LogP contribution is -2.29. The van der Waals surface area contributed by atoms with Crippen molar-refractivity contribution in [1.82, 2.24) is 0 Å². The number of ether oxygens (including phenoxy) is 1. The van der Waals surface area contributed by atoms with Crippen LogP contribution in [0.2, 0.25) is 5.02 Å². The summed E-state index contributed by atoms with van der Waals surface area (Å²) in [5, 5.41) is 9.20. The van der Waals surface area contributed by atoms with Gasteiger partial charge in [0.1, 0.15) is 0 Å². The lowest BCUT2D eigenvalue weighted by atomic mass is 9.94. The molecule has 0 atom stereocenters. The summed E-state index contributed by atoms with van der Waals surface area (Å²) in [6.45, 7) is 3.38. The molecule has 0 radical (unpaired) electrons. The first kappa shape index (κ1) is 12.1. The van der Waals surface area contributed by atoms with Crippen molar-refractivity contribution >= 4 is 11.6 Å². The predicted molar refractivity (Wildman–Crippen MR) is 56.8 cm³/mol. The van der Waals surface area contributed by atoms with Crippen LogP contribution in [0.4, 0.5) is 4.39 Å². The second-order valence-electron chi connectivity index (χ2n) is 3.82. The van der Waals surface area contributed by atoms with Crippen LogP contribution in [0.3, 0.4) is 0 Å². The average molecular weight is 234 g/mol. The minimum absolute atomic E-state index is 0.0793. The Labute approximate surface area is 92.6 Å². The lowest BCUT2D eigenvalue weighted by molar-refractivity contribution is 0.350. The van der Waals surface area contributed by atoms with Crippen LogP contribution >= 0.6 is 11.6 Å². The van der Waals surface area contributed by atoms with Gasteiger partial charge in [-0.3, -0.25) is 0 Å².